The summed E-state index contributed by atoms with van der Waals surface area (Å²) in [6, 6.07) is 0. The number of hydrogen-bond acceptors (Lipinski definition) is 2. The molecule has 0 aromatic rings. The molecular formula is C13H24O2. The highest BCUT2D eigenvalue weighted by molar-refractivity contribution is 5.78. The molecule has 0 saturated carbocycles. The summed E-state index contributed by atoms with van der Waals surface area (Å²) in [7, 11) is 0. The van der Waals surface area contributed by atoms with Crippen molar-refractivity contribution in [3.63, 3.8) is 0 Å². The van der Waals surface area contributed by atoms with E-state index in [-0.39, 0.29) is 0 Å². The molecule has 1 unspecified atom stereocenters. The largest absolute Gasteiger partial charge is 0.378 e. The first-order valence-corrected chi connectivity index (χ1v) is 6.46. The summed E-state index contributed by atoms with van der Waals surface area (Å²) in [6.45, 7) is 3.09. The third-order valence-electron chi connectivity index (χ3n) is 3.08. The quantitative estimate of drug-likeness (QED) is 0.576. The Balaban J connectivity index is 1.93. The Morgan fingerprint density at radius 2 is 2.13 bits per heavy atom. The lowest BCUT2D eigenvalue weighted by Crippen LogP contribution is -2.08. The maximum atomic E-state index is 11.5. The van der Waals surface area contributed by atoms with Gasteiger partial charge in [-0.15, -0.1) is 0 Å². The second-order valence-electron chi connectivity index (χ2n) is 4.52. The summed E-state index contributed by atoms with van der Waals surface area (Å²) < 4.78 is 5.49. The molecule has 88 valence electrons. The normalized spacial score (nSPS) is 20.7. The van der Waals surface area contributed by atoms with E-state index in [9.17, 15) is 4.79 Å². The number of carbonyl (C=O) groups is 1. The van der Waals surface area contributed by atoms with E-state index in [0.717, 1.165) is 38.7 Å². The van der Waals surface area contributed by atoms with Crippen molar-refractivity contribution in [2.45, 2.75) is 70.8 Å². The zero-order valence-corrected chi connectivity index (χ0v) is 9.96. The van der Waals surface area contributed by atoms with Gasteiger partial charge in [0.25, 0.3) is 0 Å². The molecule has 0 aromatic carbocycles. The summed E-state index contributed by atoms with van der Waals surface area (Å²) in [6.07, 6.45) is 9.97. The van der Waals surface area contributed by atoms with Crippen LogP contribution in [0.15, 0.2) is 0 Å². The highest BCUT2D eigenvalue weighted by Gasteiger charge is 2.16. The Morgan fingerprint density at radius 1 is 1.27 bits per heavy atom. The van der Waals surface area contributed by atoms with Gasteiger partial charge < -0.3 is 4.74 Å². The SMILES string of the molecule is CCCCCCC(=O)CCC1CCCO1. The van der Waals surface area contributed by atoms with Crippen LogP contribution in [0.5, 0.6) is 0 Å². The lowest BCUT2D eigenvalue weighted by Gasteiger charge is -2.07. The van der Waals surface area contributed by atoms with Crippen LogP contribution in [-0.2, 0) is 9.53 Å². The number of hydrogen-bond donors (Lipinski definition) is 0. The Kier molecular flexibility index (Phi) is 6.66. The average molecular weight is 212 g/mol. The standard InChI is InChI=1S/C13H24O2/c1-2-3-4-5-7-12(14)9-10-13-8-6-11-15-13/h13H,2-11H2,1H3. The molecule has 0 aliphatic carbocycles. The summed E-state index contributed by atoms with van der Waals surface area (Å²) in [4.78, 5) is 11.5. The first kappa shape index (κ1) is 12.7. The van der Waals surface area contributed by atoms with Crippen LogP contribution in [0.25, 0.3) is 0 Å². The second kappa shape index (κ2) is 7.86. The van der Waals surface area contributed by atoms with Crippen molar-refractivity contribution in [1.82, 2.24) is 0 Å². The van der Waals surface area contributed by atoms with Crippen molar-refractivity contribution in [2.24, 2.45) is 0 Å². The molecule has 15 heavy (non-hydrogen) atoms. The number of unbranched alkanes of at least 4 members (excludes halogenated alkanes) is 3. The highest BCUT2D eigenvalue weighted by Crippen LogP contribution is 2.17. The van der Waals surface area contributed by atoms with E-state index in [1.807, 2.05) is 0 Å². The van der Waals surface area contributed by atoms with Crippen molar-refractivity contribution >= 4 is 5.78 Å². The van der Waals surface area contributed by atoms with E-state index < -0.39 is 0 Å². The van der Waals surface area contributed by atoms with E-state index in [0.29, 0.717) is 11.9 Å². The van der Waals surface area contributed by atoms with Gasteiger partial charge in [-0.1, -0.05) is 26.2 Å². The predicted octanol–water partition coefficient (Wildman–Crippen LogP) is 3.49. The predicted molar refractivity (Wildman–Crippen MR) is 62.0 cm³/mol. The van der Waals surface area contributed by atoms with Crippen molar-refractivity contribution < 1.29 is 9.53 Å². The van der Waals surface area contributed by atoms with Crippen molar-refractivity contribution in [1.29, 1.82) is 0 Å². The van der Waals surface area contributed by atoms with Crippen LogP contribution in [0.1, 0.15) is 64.7 Å². The first-order chi connectivity index (χ1) is 7.33. The lowest BCUT2D eigenvalue weighted by molar-refractivity contribution is -0.119. The van der Waals surface area contributed by atoms with Gasteiger partial charge in [-0.2, -0.15) is 0 Å². The number of carbonyl (C=O) groups excluding carboxylic acids is 1. The summed E-state index contributed by atoms with van der Waals surface area (Å²) >= 11 is 0. The van der Waals surface area contributed by atoms with Crippen LogP contribution in [0, 0.1) is 0 Å². The number of rotatable bonds is 8. The minimum atomic E-state index is 0.379. The molecule has 0 radical (unpaired) electrons. The molecule has 1 rings (SSSR count). The van der Waals surface area contributed by atoms with Crippen LogP contribution in [0.3, 0.4) is 0 Å². The Labute approximate surface area is 93.4 Å². The van der Waals surface area contributed by atoms with Gasteiger partial charge in [0.2, 0.25) is 0 Å². The van der Waals surface area contributed by atoms with E-state index in [2.05, 4.69) is 6.92 Å². The van der Waals surface area contributed by atoms with Gasteiger partial charge in [0.1, 0.15) is 5.78 Å². The van der Waals surface area contributed by atoms with Gasteiger partial charge in [0, 0.05) is 19.4 Å². The van der Waals surface area contributed by atoms with Crippen LogP contribution in [0.4, 0.5) is 0 Å². The van der Waals surface area contributed by atoms with Crippen LogP contribution < -0.4 is 0 Å². The minimum absolute atomic E-state index is 0.379. The number of ketones is 1. The third-order valence-corrected chi connectivity index (χ3v) is 3.08. The fourth-order valence-electron chi connectivity index (χ4n) is 2.07. The highest BCUT2D eigenvalue weighted by atomic mass is 16.5. The number of Topliss-reactive ketones (excluding diaryl/α,β-unsaturated/α-hetero) is 1. The molecule has 1 aliphatic heterocycles. The van der Waals surface area contributed by atoms with Gasteiger partial charge in [-0.05, 0) is 25.7 Å². The van der Waals surface area contributed by atoms with Gasteiger partial charge >= 0.3 is 0 Å². The van der Waals surface area contributed by atoms with Crippen molar-refractivity contribution in [2.75, 3.05) is 6.61 Å². The second-order valence-corrected chi connectivity index (χ2v) is 4.52. The van der Waals surface area contributed by atoms with Crippen molar-refractivity contribution in [3.05, 3.63) is 0 Å². The fourth-order valence-corrected chi connectivity index (χ4v) is 2.07. The summed E-state index contributed by atoms with van der Waals surface area (Å²) in [5, 5.41) is 0. The third kappa shape index (κ3) is 5.93. The van der Waals surface area contributed by atoms with Crippen LogP contribution in [0.2, 0.25) is 0 Å². The van der Waals surface area contributed by atoms with Crippen LogP contribution >= 0.6 is 0 Å². The van der Waals surface area contributed by atoms with Crippen molar-refractivity contribution in [3.8, 4) is 0 Å². The van der Waals surface area contributed by atoms with E-state index in [1.165, 1.54) is 25.7 Å². The molecule has 1 heterocycles. The summed E-state index contributed by atoms with van der Waals surface area (Å²) in [5.41, 5.74) is 0. The maximum Gasteiger partial charge on any atom is 0.133 e. The van der Waals surface area contributed by atoms with Gasteiger partial charge in [0.15, 0.2) is 0 Å². The van der Waals surface area contributed by atoms with E-state index in [4.69, 9.17) is 4.74 Å². The minimum Gasteiger partial charge on any atom is -0.378 e. The van der Waals surface area contributed by atoms with E-state index >= 15 is 0 Å². The topological polar surface area (TPSA) is 26.3 Å². The molecule has 2 heteroatoms. The average Bonchev–Trinajstić information content (AvgIpc) is 2.74. The first-order valence-electron chi connectivity index (χ1n) is 6.46. The van der Waals surface area contributed by atoms with E-state index in [1.54, 1.807) is 0 Å². The Bertz CT molecular complexity index is 171. The zero-order valence-electron chi connectivity index (χ0n) is 9.96. The smallest absolute Gasteiger partial charge is 0.133 e. The molecule has 1 fully saturated rings. The molecule has 0 N–H and O–H groups in total. The molecular weight excluding hydrogens is 188 g/mol. The molecule has 1 saturated heterocycles. The molecule has 0 bridgehead atoms. The lowest BCUT2D eigenvalue weighted by atomic mass is 10.0. The van der Waals surface area contributed by atoms with Crippen LogP contribution in [-0.4, -0.2) is 18.5 Å². The zero-order chi connectivity index (χ0) is 10.9. The monoisotopic (exact) mass is 212 g/mol. The summed E-state index contributed by atoms with van der Waals surface area (Å²) in [5.74, 6) is 0.432. The fraction of sp³-hybridized carbons (Fsp3) is 0.923. The maximum absolute atomic E-state index is 11.5. The molecule has 0 aromatic heterocycles. The molecule has 1 atom stereocenters. The van der Waals surface area contributed by atoms with Gasteiger partial charge in [-0.3, -0.25) is 4.79 Å². The van der Waals surface area contributed by atoms with Gasteiger partial charge in [0.05, 0.1) is 6.10 Å². The number of ether oxygens (including phenoxy) is 1. The molecule has 1 aliphatic rings. The Morgan fingerprint density at radius 3 is 2.80 bits per heavy atom. The molecule has 0 spiro atoms. The molecule has 0 amide bonds. The van der Waals surface area contributed by atoms with Gasteiger partial charge in [-0.25, -0.2) is 0 Å². The molecule has 2 nitrogen and oxygen atoms in total. The Hall–Kier alpha value is -0.370.